The van der Waals surface area contributed by atoms with Crippen molar-refractivity contribution in [2.24, 2.45) is 0 Å². The first-order chi connectivity index (χ1) is 8.08. The second kappa shape index (κ2) is 4.85. The maximum atomic E-state index is 11.8. The standard InChI is InChI=1S/C11H10BrN3OS/c1-6-2-7(12)10(8(13)3-6)15-11(16)9-4-17-5-14-9/h2-5H,13H2,1H3,(H,15,16). The van der Waals surface area contributed by atoms with Gasteiger partial charge >= 0.3 is 0 Å². The minimum atomic E-state index is -0.262. The average molecular weight is 312 g/mol. The number of benzene rings is 1. The Labute approximate surface area is 111 Å². The van der Waals surface area contributed by atoms with Crippen LogP contribution in [0.25, 0.3) is 0 Å². The minimum absolute atomic E-state index is 0.262. The van der Waals surface area contributed by atoms with Crippen LogP contribution in [0.4, 0.5) is 11.4 Å². The monoisotopic (exact) mass is 311 g/mol. The number of aryl methyl sites for hydroxylation is 1. The molecule has 0 aliphatic carbocycles. The van der Waals surface area contributed by atoms with Crippen LogP contribution in [0, 0.1) is 6.92 Å². The van der Waals surface area contributed by atoms with Gasteiger partial charge in [0.1, 0.15) is 5.69 Å². The Balaban J connectivity index is 2.28. The molecule has 1 aromatic carbocycles. The highest BCUT2D eigenvalue weighted by molar-refractivity contribution is 9.10. The number of hydrogen-bond acceptors (Lipinski definition) is 4. The van der Waals surface area contributed by atoms with E-state index in [-0.39, 0.29) is 5.91 Å². The summed E-state index contributed by atoms with van der Waals surface area (Å²) < 4.78 is 0.763. The third-order valence-corrected chi connectivity index (χ3v) is 3.38. The Hall–Kier alpha value is -1.40. The molecule has 1 heterocycles. The van der Waals surface area contributed by atoms with E-state index in [1.54, 1.807) is 17.0 Å². The second-order valence-corrected chi connectivity index (χ2v) is 5.11. The number of thiazole rings is 1. The van der Waals surface area contributed by atoms with Crippen molar-refractivity contribution in [3.63, 3.8) is 0 Å². The third kappa shape index (κ3) is 2.65. The maximum absolute atomic E-state index is 11.8. The van der Waals surface area contributed by atoms with Crippen LogP contribution in [-0.2, 0) is 0 Å². The number of nitrogens with one attached hydrogen (secondary N) is 1. The molecule has 0 spiro atoms. The largest absolute Gasteiger partial charge is 0.397 e. The Kier molecular flexibility index (Phi) is 3.44. The SMILES string of the molecule is Cc1cc(N)c(NC(=O)c2cscn2)c(Br)c1. The number of carbonyl (C=O) groups is 1. The van der Waals surface area contributed by atoms with Crippen molar-refractivity contribution in [3.8, 4) is 0 Å². The van der Waals surface area contributed by atoms with Gasteiger partial charge in [-0.25, -0.2) is 4.98 Å². The Morgan fingerprint density at radius 3 is 2.88 bits per heavy atom. The van der Waals surface area contributed by atoms with Gasteiger partial charge in [-0.15, -0.1) is 11.3 Å². The fourth-order valence-electron chi connectivity index (χ4n) is 1.40. The van der Waals surface area contributed by atoms with Crippen LogP contribution in [0.15, 0.2) is 27.5 Å². The quantitative estimate of drug-likeness (QED) is 0.838. The lowest BCUT2D eigenvalue weighted by Gasteiger charge is -2.10. The number of carbonyl (C=O) groups excluding carboxylic acids is 1. The van der Waals surface area contributed by atoms with Gasteiger partial charge in [0.15, 0.2) is 0 Å². The second-order valence-electron chi connectivity index (χ2n) is 3.54. The highest BCUT2D eigenvalue weighted by Gasteiger charge is 2.12. The highest BCUT2D eigenvalue weighted by atomic mass is 79.9. The van der Waals surface area contributed by atoms with Gasteiger partial charge < -0.3 is 11.1 Å². The summed E-state index contributed by atoms with van der Waals surface area (Å²) in [6, 6.07) is 3.70. The zero-order valence-corrected chi connectivity index (χ0v) is 11.4. The number of aromatic nitrogens is 1. The third-order valence-electron chi connectivity index (χ3n) is 2.17. The zero-order chi connectivity index (χ0) is 12.4. The molecule has 88 valence electrons. The smallest absolute Gasteiger partial charge is 0.275 e. The van der Waals surface area contributed by atoms with E-state index in [4.69, 9.17) is 5.73 Å². The Morgan fingerprint density at radius 2 is 2.29 bits per heavy atom. The molecule has 2 aromatic rings. The molecule has 0 bridgehead atoms. The summed E-state index contributed by atoms with van der Waals surface area (Å²) in [7, 11) is 0. The molecule has 0 saturated carbocycles. The predicted molar refractivity (Wildman–Crippen MR) is 73.4 cm³/mol. The topological polar surface area (TPSA) is 68.0 Å². The van der Waals surface area contributed by atoms with Gasteiger partial charge in [-0.05, 0) is 40.5 Å². The predicted octanol–water partition coefficient (Wildman–Crippen LogP) is 3.05. The summed E-state index contributed by atoms with van der Waals surface area (Å²) in [5.41, 5.74) is 10.00. The summed E-state index contributed by atoms with van der Waals surface area (Å²) in [5, 5.41) is 4.43. The number of hydrogen-bond donors (Lipinski definition) is 2. The van der Waals surface area contributed by atoms with E-state index >= 15 is 0 Å². The van der Waals surface area contributed by atoms with E-state index in [0.29, 0.717) is 17.1 Å². The van der Waals surface area contributed by atoms with Crippen molar-refractivity contribution in [2.45, 2.75) is 6.92 Å². The molecule has 1 aromatic heterocycles. The number of rotatable bonds is 2. The maximum Gasteiger partial charge on any atom is 0.275 e. The molecule has 0 saturated heterocycles. The number of nitrogens with zero attached hydrogens (tertiary/aromatic N) is 1. The molecule has 0 aliphatic heterocycles. The summed E-state index contributed by atoms with van der Waals surface area (Å²) in [6.07, 6.45) is 0. The average Bonchev–Trinajstić information content (AvgIpc) is 2.76. The van der Waals surface area contributed by atoms with Gasteiger partial charge in [0.25, 0.3) is 5.91 Å². The zero-order valence-electron chi connectivity index (χ0n) is 9.03. The fourth-order valence-corrected chi connectivity index (χ4v) is 2.62. The van der Waals surface area contributed by atoms with Crippen LogP contribution in [0.1, 0.15) is 16.1 Å². The Bertz CT molecular complexity index is 531. The fraction of sp³-hybridized carbons (Fsp3) is 0.0909. The first-order valence-electron chi connectivity index (χ1n) is 4.83. The molecule has 17 heavy (non-hydrogen) atoms. The van der Waals surface area contributed by atoms with Gasteiger partial charge in [-0.3, -0.25) is 4.79 Å². The number of amides is 1. The van der Waals surface area contributed by atoms with Gasteiger partial charge in [-0.2, -0.15) is 0 Å². The summed E-state index contributed by atoms with van der Waals surface area (Å²) >= 11 is 4.75. The molecule has 0 radical (unpaired) electrons. The van der Waals surface area contributed by atoms with E-state index in [0.717, 1.165) is 10.0 Å². The van der Waals surface area contributed by atoms with Crippen molar-refractivity contribution in [3.05, 3.63) is 38.8 Å². The molecular weight excluding hydrogens is 302 g/mol. The van der Waals surface area contributed by atoms with Crippen LogP contribution in [0.3, 0.4) is 0 Å². The summed E-state index contributed by atoms with van der Waals surface area (Å²) in [6.45, 7) is 1.94. The molecular formula is C11H10BrN3OS. The molecule has 2 rings (SSSR count). The van der Waals surface area contributed by atoms with Crippen molar-refractivity contribution in [1.82, 2.24) is 4.98 Å². The summed E-state index contributed by atoms with van der Waals surface area (Å²) in [4.78, 5) is 15.8. The van der Waals surface area contributed by atoms with Crippen LogP contribution in [0.5, 0.6) is 0 Å². The van der Waals surface area contributed by atoms with E-state index in [1.165, 1.54) is 11.3 Å². The minimum Gasteiger partial charge on any atom is -0.397 e. The van der Waals surface area contributed by atoms with Crippen LogP contribution < -0.4 is 11.1 Å². The first kappa shape index (κ1) is 12.1. The normalized spacial score (nSPS) is 10.2. The van der Waals surface area contributed by atoms with E-state index in [2.05, 4.69) is 26.2 Å². The van der Waals surface area contributed by atoms with Crippen molar-refractivity contribution in [1.29, 1.82) is 0 Å². The Morgan fingerprint density at radius 1 is 1.53 bits per heavy atom. The molecule has 4 nitrogen and oxygen atoms in total. The van der Waals surface area contributed by atoms with E-state index in [9.17, 15) is 4.79 Å². The molecule has 0 atom stereocenters. The molecule has 3 N–H and O–H groups in total. The molecule has 1 amide bonds. The number of nitrogens with two attached hydrogens (primary N) is 1. The number of nitrogen functional groups attached to an aromatic ring is 1. The summed E-state index contributed by atoms with van der Waals surface area (Å²) in [5.74, 6) is -0.262. The lowest BCUT2D eigenvalue weighted by Crippen LogP contribution is -2.14. The van der Waals surface area contributed by atoms with Crippen molar-refractivity contribution >= 4 is 44.5 Å². The van der Waals surface area contributed by atoms with Crippen molar-refractivity contribution < 1.29 is 4.79 Å². The molecule has 6 heteroatoms. The van der Waals surface area contributed by atoms with E-state index < -0.39 is 0 Å². The van der Waals surface area contributed by atoms with Crippen LogP contribution in [-0.4, -0.2) is 10.9 Å². The van der Waals surface area contributed by atoms with Gasteiger partial charge in [-0.1, -0.05) is 0 Å². The molecule has 0 unspecified atom stereocenters. The lowest BCUT2D eigenvalue weighted by molar-refractivity contribution is 0.102. The lowest BCUT2D eigenvalue weighted by atomic mass is 10.2. The molecule has 0 fully saturated rings. The van der Waals surface area contributed by atoms with Gasteiger partial charge in [0, 0.05) is 9.85 Å². The van der Waals surface area contributed by atoms with E-state index in [1.807, 2.05) is 13.0 Å². The number of anilines is 2. The highest BCUT2D eigenvalue weighted by Crippen LogP contribution is 2.30. The van der Waals surface area contributed by atoms with Gasteiger partial charge in [0.05, 0.1) is 16.9 Å². The van der Waals surface area contributed by atoms with Crippen LogP contribution >= 0.6 is 27.3 Å². The molecule has 0 aliphatic rings. The van der Waals surface area contributed by atoms with Crippen LogP contribution in [0.2, 0.25) is 0 Å². The van der Waals surface area contributed by atoms with Gasteiger partial charge in [0.2, 0.25) is 0 Å². The van der Waals surface area contributed by atoms with Crippen molar-refractivity contribution in [2.75, 3.05) is 11.1 Å². The number of halogens is 1. The first-order valence-corrected chi connectivity index (χ1v) is 6.56.